The van der Waals surface area contributed by atoms with E-state index in [9.17, 15) is 28.8 Å². The van der Waals surface area contributed by atoms with E-state index in [4.69, 9.17) is 5.73 Å². The Hall–Kier alpha value is -7.24. The van der Waals surface area contributed by atoms with Gasteiger partial charge in [0, 0.05) is 112 Å². The number of hydrogen-bond donors (Lipinski definition) is 1. The van der Waals surface area contributed by atoms with Gasteiger partial charge < -0.3 is 5.73 Å². The van der Waals surface area contributed by atoms with Crippen molar-refractivity contribution >= 4 is 62.2 Å². The molecule has 9 rings (SSSR count). The number of anilines is 1. The molecule has 9 nitrogen and oxygen atoms in total. The Morgan fingerprint density at radius 1 is 0.328 bits per heavy atom. The van der Waals surface area contributed by atoms with Crippen molar-refractivity contribution < 1.29 is 78.1 Å². The van der Waals surface area contributed by atoms with Gasteiger partial charge in [-0.3, -0.25) is 38.7 Å². The zero-order chi connectivity index (χ0) is 46.5. The van der Waals surface area contributed by atoms with Crippen molar-refractivity contribution in [2.45, 2.75) is 19.3 Å². The van der Waals surface area contributed by atoms with E-state index < -0.39 is 0 Å². The van der Waals surface area contributed by atoms with Gasteiger partial charge in [-0.1, -0.05) is 182 Å². The molecule has 2 aromatic heterocycles. The number of nitrogens with two attached hydrogens (primary N) is 1. The van der Waals surface area contributed by atoms with Crippen LogP contribution in [0.2, 0.25) is 0 Å². The maximum absolute atomic E-state index is 11.8. The molecule has 67 heavy (non-hydrogen) atoms. The first-order chi connectivity index (χ1) is 32.2. The summed E-state index contributed by atoms with van der Waals surface area (Å²) in [6.45, 7) is 0. The normalized spacial score (nSPS) is 9.97. The zero-order valence-electron chi connectivity index (χ0n) is 36.3. The standard InChI is InChI=1S/3C15H12O2.C12H9N3.Eu/c3*16-14(12-7-3-1-4-8-12)11-15(17)13-9-5-2-6-10-13;13-10-7-11-9(4-2-5-14-11)12-8(10)3-1-6-15-12;/h3*1-10H,11H2;1-7H,13H2;. The van der Waals surface area contributed by atoms with Crippen molar-refractivity contribution in [3.05, 3.63) is 258 Å². The third-order valence-corrected chi connectivity index (χ3v) is 10.0. The minimum atomic E-state index is -0.139. The van der Waals surface area contributed by atoms with E-state index in [0.717, 1.165) is 27.5 Å². The van der Waals surface area contributed by atoms with Crippen LogP contribution in [-0.2, 0) is 0 Å². The molecule has 7 aromatic carbocycles. The van der Waals surface area contributed by atoms with E-state index in [0.29, 0.717) is 33.4 Å². The van der Waals surface area contributed by atoms with Crippen molar-refractivity contribution in [3.8, 4) is 0 Å². The molecule has 0 unspecified atom stereocenters. The van der Waals surface area contributed by atoms with Gasteiger partial charge in [-0.25, -0.2) is 0 Å². The number of fused-ring (bicyclic) bond motifs is 3. The second-order valence-electron chi connectivity index (χ2n) is 14.7. The van der Waals surface area contributed by atoms with Crippen LogP contribution in [0, 0.1) is 49.4 Å². The molecule has 1 radical (unpaired) electrons. The van der Waals surface area contributed by atoms with Crippen molar-refractivity contribution in [2.75, 3.05) is 5.73 Å². The molecule has 0 spiro atoms. The number of carbonyl (C=O) groups is 6. The van der Waals surface area contributed by atoms with Crippen molar-refractivity contribution in [2.24, 2.45) is 0 Å². The topological polar surface area (TPSA) is 154 Å². The summed E-state index contributed by atoms with van der Waals surface area (Å²) in [4.78, 5) is 79.5. The number of hydrogen-bond acceptors (Lipinski definition) is 9. The predicted octanol–water partition coefficient (Wildman–Crippen LogP) is 11.8. The molecule has 0 aliphatic carbocycles. The summed E-state index contributed by atoms with van der Waals surface area (Å²) in [5, 5.41) is 2.03. The van der Waals surface area contributed by atoms with Crippen LogP contribution in [0.3, 0.4) is 0 Å². The Labute approximate surface area is 429 Å². The molecule has 0 aliphatic heterocycles. The molecule has 10 heteroatoms. The van der Waals surface area contributed by atoms with Crippen LogP contribution in [0.15, 0.2) is 225 Å². The SMILES string of the molecule is Nc1cc2ncccc2c2ncccc12.O=C(CC(=O)c1ccccc1)c1ccccc1.O=C(CC(=O)c1ccccc1)c1ccccc1.O=C(CC(=O)c1ccccc1)c1ccccc1.[Eu]. The van der Waals surface area contributed by atoms with Gasteiger partial charge in [0.15, 0.2) is 34.7 Å². The summed E-state index contributed by atoms with van der Waals surface area (Å²) in [6.07, 6.45) is 3.31. The van der Waals surface area contributed by atoms with Crippen LogP contribution in [0.4, 0.5) is 5.69 Å². The predicted molar refractivity (Wildman–Crippen MR) is 260 cm³/mol. The van der Waals surface area contributed by atoms with Crippen LogP contribution in [0.1, 0.15) is 81.4 Å². The van der Waals surface area contributed by atoms with Gasteiger partial charge in [-0.15, -0.1) is 0 Å². The molecule has 0 atom stereocenters. The van der Waals surface area contributed by atoms with Crippen LogP contribution < -0.4 is 5.73 Å². The number of rotatable bonds is 12. The second kappa shape index (κ2) is 26.7. The molecule has 2 heterocycles. The molecule has 0 saturated heterocycles. The fraction of sp³-hybridized carbons (Fsp3) is 0.0526. The van der Waals surface area contributed by atoms with Gasteiger partial charge in [0.1, 0.15) is 0 Å². The van der Waals surface area contributed by atoms with Crippen LogP contribution >= 0.6 is 0 Å². The Morgan fingerprint density at radius 2 is 0.582 bits per heavy atom. The third kappa shape index (κ3) is 15.4. The number of nitrogen functional groups attached to an aromatic ring is 1. The Kier molecular flexibility index (Phi) is 20.2. The molecule has 0 bridgehead atoms. The van der Waals surface area contributed by atoms with Crippen LogP contribution in [0.25, 0.3) is 21.8 Å². The third-order valence-electron chi connectivity index (χ3n) is 10.0. The van der Waals surface area contributed by atoms with E-state index in [1.807, 2.05) is 66.7 Å². The first-order valence-electron chi connectivity index (χ1n) is 21.1. The fourth-order valence-electron chi connectivity index (χ4n) is 6.60. The molecule has 0 saturated carbocycles. The summed E-state index contributed by atoms with van der Waals surface area (Å²) in [6, 6.07) is 62.9. The number of Topliss-reactive ketones (excluding diaryl/α,β-unsaturated/α-hetero) is 6. The first kappa shape index (κ1) is 50.8. The van der Waals surface area contributed by atoms with Crippen molar-refractivity contribution in [3.63, 3.8) is 0 Å². The quantitative estimate of drug-likeness (QED) is 0.0545. The van der Waals surface area contributed by atoms with Gasteiger partial charge in [-0.05, 0) is 30.3 Å². The van der Waals surface area contributed by atoms with E-state index in [-0.39, 0.29) is 103 Å². The van der Waals surface area contributed by atoms with E-state index >= 15 is 0 Å². The summed E-state index contributed by atoms with van der Waals surface area (Å²) in [7, 11) is 0. The van der Waals surface area contributed by atoms with Crippen LogP contribution in [-0.4, -0.2) is 44.7 Å². The summed E-state index contributed by atoms with van der Waals surface area (Å²) >= 11 is 0. The molecule has 2 N–H and O–H groups in total. The molecule has 331 valence electrons. The average molecular weight is 1020 g/mol. The van der Waals surface area contributed by atoms with E-state index in [1.54, 1.807) is 158 Å². The number of carbonyl (C=O) groups excluding carboxylic acids is 6. The fourth-order valence-corrected chi connectivity index (χ4v) is 6.60. The Bertz CT molecular complexity index is 2660. The maximum Gasteiger partial charge on any atom is 0.170 e. The maximum atomic E-state index is 11.8. The molecular weight excluding hydrogens is 975 g/mol. The van der Waals surface area contributed by atoms with Gasteiger partial charge in [0.05, 0.1) is 30.3 Å². The van der Waals surface area contributed by atoms with Crippen LogP contribution in [0.5, 0.6) is 0 Å². The molecule has 0 aliphatic rings. The van der Waals surface area contributed by atoms with Gasteiger partial charge in [0.25, 0.3) is 0 Å². The Balaban J connectivity index is 0.000000166. The number of nitrogens with zero attached hydrogens (tertiary/aromatic N) is 2. The van der Waals surface area contributed by atoms with Gasteiger partial charge >= 0.3 is 0 Å². The Morgan fingerprint density at radius 3 is 0.866 bits per heavy atom. The molecular formula is C57H45EuN3O6. The number of benzene rings is 7. The largest absolute Gasteiger partial charge is 0.398 e. The molecule has 9 aromatic rings. The van der Waals surface area contributed by atoms with Crippen molar-refractivity contribution in [1.29, 1.82) is 0 Å². The van der Waals surface area contributed by atoms with Gasteiger partial charge in [0.2, 0.25) is 0 Å². The zero-order valence-corrected chi connectivity index (χ0v) is 38.7. The van der Waals surface area contributed by atoms with E-state index in [2.05, 4.69) is 9.97 Å². The van der Waals surface area contributed by atoms with E-state index in [1.165, 1.54) is 0 Å². The second-order valence-corrected chi connectivity index (χ2v) is 14.7. The first-order valence-corrected chi connectivity index (χ1v) is 21.1. The summed E-state index contributed by atoms with van der Waals surface area (Å²) < 4.78 is 0. The summed E-state index contributed by atoms with van der Waals surface area (Å²) in [5.74, 6) is -0.836. The minimum absolute atomic E-state index is 0. The van der Waals surface area contributed by atoms with Crippen molar-refractivity contribution in [1.82, 2.24) is 9.97 Å². The number of aromatic nitrogens is 2. The number of pyridine rings is 2. The molecule has 0 amide bonds. The monoisotopic (exact) mass is 1020 g/mol. The average Bonchev–Trinajstić information content (AvgIpc) is 3.38. The van der Waals surface area contributed by atoms with Gasteiger partial charge in [-0.2, -0.15) is 0 Å². The smallest absolute Gasteiger partial charge is 0.170 e. The molecule has 0 fully saturated rings. The minimum Gasteiger partial charge on any atom is -0.398 e. The summed E-state index contributed by atoms with van der Waals surface area (Å²) in [5.41, 5.74) is 12.0. The number of ketones is 6.